The summed E-state index contributed by atoms with van der Waals surface area (Å²) in [6.45, 7) is 8.77. The molecule has 106 valence electrons. The first-order chi connectivity index (χ1) is 10.0. The molecular formula is C20H20O. The van der Waals surface area contributed by atoms with Crippen LogP contribution in [0, 0.1) is 5.92 Å². The van der Waals surface area contributed by atoms with E-state index in [2.05, 4.69) is 45.9 Å². The van der Waals surface area contributed by atoms with Gasteiger partial charge in [0.15, 0.2) is 6.29 Å². The molecule has 0 aliphatic heterocycles. The Morgan fingerprint density at radius 1 is 0.952 bits per heavy atom. The van der Waals surface area contributed by atoms with Crippen LogP contribution in [0.25, 0.3) is 16.3 Å². The molecule has 1 aliphatic carbocycles. The largest absolute Gasteiger partial charge is 0.298 e. The van der Waals surface area contributed by atoms with E-state index in [1.165, 1.54) is 27.7 Å². The second-order valence-electron chi connectivity index (χ2n) is 5.97. The molecule has 0 radical (unpaired) electrons. The molecule has 1 unspecified atom stereocenters. The monoisotopic (exact) mass is 276 g/mol. The molecule has 1 nitrogen and oxygen atoms in total. The molecule has 1 aliphatic rings. The highest BCUT2D eigenvalue weighted by atomic mass is 16.1. The average Bonchev–Trinajstić information content (AvgIpc) is 2.70. The fourth-order valence-electron chi connectivity index (χ4n) is 3.39. The van der Waals surface area contributed by atoms with Crippen molar-refractivity contribution in [2.45, 2.75) is 27.7 Å². The Balaban J connectivity index is 2.28. The fourth-order valence-corrected chi connectivity index (χ4v) is 3.39. The standard InChI is InChI=1S/C20H20O/c1-12-13(2)15(4)20(14(12)3)19-10-17-8-6-5-7-16(17)9-18(19)11-21/h5-11,14H,1-4H3. The topological polar surface area (TPSA) is 17.1 Å². The zero-order valence-corrected chi connectivity index (χ0v) is 13.0. The maximum absolute atomic E-state index is 11.6. The van der Waals surface area contributed by atoms with Crippen molar-refractivity contribution in [3.63, 3.8) is 0 Å². The first kappa shape index (κ1) is 13.8. The van der Waals surface area contributed by atoms with Gasteiger partial charge in [0.1, 0.15) is 0 Å². The van der Waals surface area contributed by atoms with Gasteiger partial charge in [0.25, 0.3) is 0 Å². The maximum Gasteiger partial charge on any atom is 0.150 e. The SMILES string of the molecule is CC1=C(C)C(C)C(c2cc3ccccc3cc2C=O)=C1C. The van der Waals surface area contributed by atoms with Crippen molar-refractivity contribution in [1.82, 2.24) is 0 Å². The summed E-state index contributed by atoms with van der Waals surface area (Å²) < 4.78 is 0. The normalized spacial score (nSPS) is 18.8. The van der Waals surface area contributed by atoms with Gasteiger partial charge in [-0.15, -0.1) is 0 Å². The van der Waals surface area contributed by atoms with E-state index in [1.807, 2.05) is 18.2 Å². The Bertz CT molecular complexity index is 806. The molecule has 0 saturated heterocycles. The molecule has 0 N–H and O–H groups in total. The van der Waals surface area contributed by atoms with Crippen LogP contribution in [0.15, 0.2) is 53.1 Å². The summed E-state index contributed by atoms with van der Waals surface area (Å²) in [6, 6.07) is 12.4. The quantitative estimate of drug-likeness (QED) is 0.670. The lowest BCUT2D eigenvalue weighted by Crippen LogP contribution is -2.01. The smallest absolute Gasteiger partial charge is 0.150 e. The Kier molecular flexibility index (Phi) is 3.29. The van der Waals surface area contributed by atoms with Crippen molar-refractivity contribution in [1.29, 1.82) is 0 Å². The number of hydrogen-bond acceptors (Lipinski definition) is 1. The minimum absolute atomic E-state index is 0.380. The zero-order chi connectivity index (χ0) is 15.1. The van der Waals surface area contributed by atoms with E-state index in [4.69, 9.17) is 0 Å². The highest BCUT2D eigenvalue weighted by Crippen LogP contribution is 2.43. The van der Waals surface area contributed by atoms with Gasteiger partial charge in [-0.25, -0.2) is 0 Å². The van der Waals surface area contributed by atoms with Crippen molar-refractivity contribution in [3.8, 4) is 0 Å². The number of rotatable bonds is 2. The molecule has 0 amide bonds. The highest BCUT2D eigenvalue weighted by molar-refractivity contribution is 5.97. The second kappa shape index (κ2) is 5.00. The van der Waals surface area contributed by atoms with E-state index >= 15 is 0 Å². The van der Waals surface area contributed by atoms with Crippen LogP contribution in [0.4, 0.5) is 0 Å². The van der Waals surface area contributed by atoms with Crippen molar-refractivity contribution >= 4 is 22.6 Å². The van der Waals surface area contributed by atoms with Crippen LogP contribution in [-0.2, 0) is 0 Å². The van der Waals surface area contributed by atoms with Gasteiger partial charge in [0.05, 0.1) is 0 Å². The van der Waals surface area contributed by atoms with Crippen LogP contribution in [0.2, 0.25) is 0 Å². The number of carbonyl (C=O) groups is 1. The zero-order valence-electron chi connectivity index (χ0n) is 13.0. The van der Waals surface area contributed by atoms with Gasteiger partial charge >= 0.3 is 0 Å². The van der Waals surface area contributed by atoms with Crippen molar-refractivity contribution in [2.24, 2.45) is 5.92 Å². The minimum atomic E-state index is 0.380. The van der Waals surface area contributed by atoms with E-state index in [1.54, 1.807) is 0 Å². The van der Waals surface area contributed by atoms with Crippen LogP contribution >= 0.6 is 0 Å². The summed E-state index contributed by atoms with van der Waals surface area (Å²) in [6.07, 6.45) is 0.984. The Hall–Kier alpha value is -2.15. The van der Waals surface area contributed by atoms with Crippen LogP contribution in [0.5, 0.6) is 0 Å². The molecule has 1 atom stereocenters. The second-order valence-corrected chi connectivity index (χ2v) is 5.97. The molecule has 2 aromatic carbocycles. The number of hydrogen-bond donors (Lipinski definition) is 0. The molecule has 3 rings (SSSR count). The van der Waals surface area contributed by atoms with Gasteiger partial charge in [-0.3, -0.25) is 4.79 Å². The van der Waals surface area contributed by atoms with Gasteiger partial charge in [-0.05, 0) is 66.0 Å². The predicted octanol–water partition coefficient (Wildman–Crippen LogP) is 5.41. The highest BCUT2D eigenvalue weighted by Gasteiger charge is 2.26. The van der Waals surface area contributed by atoms with E-state index in [0.717, 1.165) is 22.8 Å². The molecule has 0 heterocycles. The summed E-state index contributed by atoms with van der Waals surface area (Å²) in [5.41, 5.74) is 7.27. The number of fused-ring (bicyclic) bond motifs is 1. The average molecular weight is 276 g/mol. The lowest BCUT2D eigenvalue weighted by Gasteiger charge is -2.16. The number of carbonyl (C=O) groups excluding carboxylic acids is 1. The molecule has 0 aromatic heterocycles. The van der Waals surface area contributed by atoms with Crippen molar-refractivity contribution in [3.05, 3.63) is 64.2 Å². The fraction of sp³-hybridized carbons (Fsp3) is 0.250. The molecule has 0 spiro atoms. The number of benzene rings is 2. The third-order valence-electron chi connectivity index (χ3n) is 4.98. The molecule has 21 heavy (non-hydrogen) atoms. The van der Waals surface area contributed by atoms with E-state index in [9.17, 15) is 4.79 Å². The molecule has 2 aromatic rings. The lowest BCUT2D eigenvalue weighted by molar-refractivity contribution is 0.112. The summed E-state index contributed by atoms with van der Waals surface area (Å²) >= 11 is 0. The summed E-state index contributed by atoms with van der Waals surface area (Å²) in [7, 11) is 0. The van der Waals surface area contributed by atoms with Crippen molar-refractivity contribution < 1.29 is 4.79 Å². The summed E-state index contributed by atoms with van der Waals surface area (Å²) in [4.78, 5) is 11.6. The molecule has 0 saturated carbocycles. The Morgan fingerprint density at radius 2 is 1.57 bits per heavy atom. The lowest BCUT2D eigenvalue weighted by atomic mass is 9.87. The van der Waals surface area contributed by atoms with Crippen molar-refractivity contribution in [2.75, 3.05) is 0 Å². The molecule has 0 fully saturated rings. The van der Waals surface area contributed by atoms with E-state index in [-0.39, 0.29) is 0 Å². The first-order valence-electron chi connectivity index (χ1n) is 7.41. The molecule has 1 heteroatoms. The predicted molar refractivity (Wildman–Crippen MR) is 89.5 cm³/mol. The summed E-state index contributed by atoms with van der Waals surface area (Å²) in [5.74, 6) is 0.380. The third kappa shape index (κ3) is 2.04. The van der Waals surface area contributed by atoms with Crippen LogP contribution in [0.3, 0.4) is 0 Å². The van der Waals surface area contributed by atoms with Crippen LogP contribution < -0.4 is 0 Å². The van der Waals surface area contributed by atoms with Gasteiger partial charge in [0, 0.05) is 11.5 Å². The minimum Gasteiger partial charge on any atom is -0.298 e. The summed E-state index contributed by atoms with van der Waals surface area (Å²) in [5, 5.41) is 2.31. The van der Waals surface area contributed by atoms with Crippen LogP contribution in [-0.4, -0.2) is 6.29 Å². The third-order valence-corrected chi connectivity index (χ3v) is 4.98. The van der Waals surface area contributed by atoms with Gasteiger partial charge < -0.3 is 0 Å². The van der Waals surface area contributed by atoms with E-state index in [0.29, 0.717) is 5.92 Å². The van der Waals surface area contributed by atoms with Crippen LogP contribution in [0.1, 0.15) is 43.6 Å². The molecule has 0 bridgehead atoms. The molecular weight excluding hydrogens is 256 g/mol. The maximum atomic E-state index is 11.6. The van der Waals surface area contributed by atoms with Gasteiger partial charge in [-0.2, -0.15) is 0 Å². The number of allylic oxidation sites excluding steroid dienone is 4. The van der Waals surface area contributed by atoms with Gasteiger partial charge in [-0.1, -0.05) is 36.8 Å². The van der Waals surface area contributed by atoms with Gasteiger partial charge in [0.2, 0.25) is 0 Å². The van der Waals surface area contributed by atoms with E-state index < -0.39 is 0 Å². The number of aldehydes is 1. The first-order valence-corrected chi connectivity index (χ1v) is 7.41. The Labute approximate surface area is 126 Å². The Morgan fingerprint density at radius 3 is 2.10 bits per heavy atom.